The number of ether oxygens (including phenoxy) is 1. The molecule has 0 radical (unpaired) electrons. The maximum atomic E-state index is 11.5. The van der Waals surface area contributed by atoms with Crippen molar-refractivity contribution in [3.8, 4) is 11.8 Å². The number of alkyl carbamates (subject to hydrolysis) is 1. The average Bonchev–Trinajstić information content (AvgIpc) is 3.20. The molecule has 1 aromatic rings. The number of carbonyl (C=O) groups is 1. The number of hydrogen-bond acceptors (Lipinski definition) is 3. The summed E-state index contributed by atoms with van der Waals surface area (Å²) in [5, 5.41) is 3.27. The largest absolute Gasteiger partial charge is 0.444 e. The maximum absolute atomic E-state index is 11.5. The van der Waals surface area contributed by atoms with Gasteiger partial charge in [-0.2, -0.15) is 0 Å². The van der Waals surface area contributed by atoms with Crippen molar-refractivity contribution in [2.24, 2.45) is 5.92 Å². The lowest BCUT2D eigenvalue weighted by atomic mass is 10.2. The minimum absolute atomic E-state index is 0.425. The van der Waals surface area contributed by atoms with E-state index in [0.717, 1.165) is 11.3 Å². The fourth-order valence-electron chi connectivity index (χ4n) is 1.73. The molecule has 1 heterocycles. The summed E-state index contributed by atoms with van der Waals surface area (Å²) in [5.74, 6) is 6.82. The van der Waals surface area contributed by atoms with Crippen LogP contribution in [0, 0.1) is 17.8 Å². The van der Waals surface area contributed by atoms with E-state index < -0.39 is 11.7 Å². The Balaban J connectivity index is 1.83. The lowest BCUT2D eigenvalue weighted by Crippen LogP contribution is -2.33. The van der Waals surface area contributed by atoms with Crippen molar-refractivity contribution in [1.29, 1.82) is 0 Å². The summed E-state index contributed by atoms with van der Waals surface area (Å²) in [4.78, 5) is 15.9. The molecule has 0 unspecified atom stereocenters. The molecule has 1 amide bonds. The molecule has 0 aromatic carbocycles. The summed E-state index contributed by atoms with van der Waals surface area (Å²) in [6.45, 7) is 5.90. The zero-order valence-corrected chi connectivity index (χ0v) is 14.0. The van der Waals surface area contributed by atoms with Crippen LogP contribution in [-0.2, 0) is 11.2 Å². The van der Waals surface area contributed by atoms with Gasteiger partial charge in [-0.15, -0.1) is 0 Å². The molecule has 0 atom stereocenters. The third-order valence-electron chi connectivity index (χ3n) is 2.95. The molecule has 1 aromatic heterocycles. The highest BCUT2D eigenvalue weighted by Gasteiger charge is 2.18. The SMILES string of the molecule is CC(C)(C)OC(=O)NCCc1ncc(C#CC2CC2)cc1Cl. The van der Waals surface area contributed by atoms with E-state index in [0.29, 0.717) is 23.9 Å². The molecule has 118 valence electrons. The molecule has 4 nitrogen and oxygen atoms in total. The van der Waals surface area contributed by atoms with Gasteiger partial charge in [0.15, 0.2) is 0 Å². The van der Waals surface area contributed by atoms with Crippen molar-refractivity contribution >= 4 is 17.7 Å². The summed E-state index contributed by atoms with van der Waals surface area (Å²) in [5.41, 5.74) is 1.08. The predicted molar refractivity (Wildman–Crippen MR) is 86.8 cm³/mol. The van der Waals surface area contributed by atoms with E-state index in [2.05, 4.69) is 22.1 Å². The normalized spacial score (nSPS) is 14.0. The highest BCUT2D eigenvalue weighted by atomic mass is 35.5. The predicted octanol–water partition coefficient (Wildman–Crippen LogP) is 3.56. The number of hydrogen-bond donors (Lipinski definition) is 1. The van der Waals surface area contributed by atoms with Gasteiger partial charge in [-0.05, 0) is 39.7 Å². The summed E-state index contributed by atoms with van der Waals surface area (Å²) < 4.78 is 5.16. The van der Waals surface area contributed by atoms with Gasteiger partial charge < -0.3 is 10.1 Å². The number of aromatic nitrogens is 1. The molecule has 0 bridgehead atoms. The van der Waals surface area contributed by atoms with E-state index >= 15 is 0 Å². The Hall–Kier alpha value is -1.73. The van der Waals surface area contributed by atoms with E-state index in [1.54, 1.807) is 6.20 Å². The van der Waals surface area contributed by atoms with Crippen LogP contribution >= 0.6 is 11.6 Å². The smallest absolute Gasteiger partial charge is 0.407 e. The number of amides is 1. The van der Waals surface area contributed by atoms with Gasteiger partial charge in [-0.25, -0.2) is 4.79 Å². The van der Waals surface area contributed by atoms with Crippen LogP contribution in [0.4, 0.5) is 4.79 Å². The molecule has 1 aliphatic rings. The Kier molecular flexibility index (Phi) is 5.31. The number of rotatable bonds is 3. The van der Waals surface area contributed by atoms with Gasteiger partial charge in [-0.3, -0.25) is 4.98 Å². The fraction of sp³-hybridized carbons (Fsp3) is 0.529. The standard InChI is InChI=1S/C17H21ClN2O2/c1-17(2,3)22-16(21)19-9-8-15-14(18)10-13(11-20-15)7-6-12-4-5-12/h10-12H,4-5,8-9H2,1-3H3,(H,19,21). The van der Waals surface area contributed by atoms with Crippen molar-refractivity contribution in [3.05, 3.63) is 28.5 Å². The van der Waals surface area contributed by atoms with Crippen LogP contribution in [-0.4, -0.2) is 23.2 Å². The van der Waals surface area contributed by atoms with E-state index in [9.17, 15) is 4.79 Å². The Bertz CT molecular complexity index is 607. The van der Waals surface area contributed by atoms with Gasteiger partial charge in [0, 0.05) is 30.6 Å². The Morgan fingerprint density at radius 3 is 2.82 bits per heavy atom. The first kappa shape index (κ1) is 16.6. The topological polar surface area (TPSA) is 51.2 Å². The number of carbonyl (C=O) groups excluding carboxylic acids is 1. The van der Waals surface area contributed by atoms with Crippen LogP contribution in [0.1, 0.15) is 44.9 Å². The minimum atomic E-state index is -0.498. The average molecular weight is 321 g/mol. The summed E-state index contributed by atoms with van der Waals surface area (Å²) in [6, 6.07) is 1.83. The molecule has 0 aliphatic heterocycles. The van der Waals surface area contributed by atoms with Crippen LogP contribution in [0.5, 0.6) is 0 Å². The van der Waals surface area contributed by atoms with Gasteiger partial charge in [0.05, 0.1) is 10.7 Å². The van der Waals surface area contributed by atoms with Crippen LogP contribution < -0.4 is 5.32 Å². The van der Waals surface area contributed by atoms with E-state index in [1.807, 2.05) is 26.8 Å². The third-order valence-corrected chi connectivity index (χ3v) is 3.27. The molecule has 2 rings (SSSR count). The first-order valence-electron chi connectivity index (χ1n) is 7.46. The van der Waals surface area contributed by atoms with Gasteiger partial charge in [0.25, 0.3) is 0 Å². The molecule has 1 saturated carbocycles. The molecule has 1 N–H and O–H groups in total. The zero-order chi connectivity index (χ0) is 16.2. The quantitative estimate of drug-likeness (QED) is 0.866. The molecular weight excluding hydrogens is 300 g/mol. The van der Waals surface area contributed by atoms with E-state index in [1.165, 1.54) is 12.8 Å². The Morgan fingerprint density at radius 1 is 1.50 bits per heavy atom. The van der Waals surface area contributed by atoms with Crippen molar-refractivity contribution < 1.29 is 9.53 Å². The second kappa shape index (κ2) is 7.02. The van der Waals surface area contributed by atoms with Crippen LogP contribution in [0.2, 0.25) is 5.02 Å². The molecular formula is C17H21ClN2O2. The Morgan fingerprint density at radius 2 is 2.23 bits per heavy atom. The first-order valence-corrected chi connectivity index (χ1v) is 7.84. The second-order valence-electron chi connectivity index (χ2n) is 6.37. The second-order valence-corrected chi connectivity index (χ2v) is 6.78. The lowest BCUT2D eigenvalue weighted by molar-refractivity contribution is 0.0528. The van der Waals surface area contributed by atoms with Crippen LogP contribution in [0.25, 0.3) is 0 Å². The number of halogens is 1. The van der Waals surface area contributed by atoms with Crippen molar-refractivity contribution in [2.75, 3.05) is 6.54 Å². The van der Waals surface area contributed by atoms with Crippen molar-refractivity contribution in [1.82, 2.24) is 10.3 Å². The van der Waals surface area contributed by atoms with Crippen molar-refractivity contribution in [2.45, 2.75) is 45.6 Å². The molecule has 1 fully saturated rings. The lowest BCUT2D eigenvalue weighted by Gasteiger charge is -2.19. The Labute approximate surface area is 136 Å². The number of nitrogens with zero attached hydrogens (tertiary/aromatic N) is 1. The van der Waals surface area contributed by atoms with Crippen LogP contribution in [0.15, 0.2) is 12.3 Å². The van der Waals surface area contributed by atoms with E-state index in [-0.39, 0.29) is 0 Å². The monoisotopic (exact) mass is 320 g/mol. The highest BCUT2D eigenvalue weighted by molar-refractivity contribution is 6.31. The minimum Gasteiger partial charge on any atom is -0.444 e. The third kappa shape index (κ3) is 5.95. The molecule has 1 aliphatic carbocycles. The number of pyridine rings is 1. The van der Waals surface area contributed by atoms with Crippen LogP contribution in [0.3, 0.4) is 0 Å². The van der Waals surface area contributed by atoms with Gasteiger partial charge >= 0.3 is 6.09 Å². The molecule has 22 heavy (non-hydrogen) atoms. The zero-order valence-electron chi connectivity index (χ0n) is 13.2. The fourth-order valence-corrected chi connectivity index (χ4v) is 1.99. The summed E-state index contributed by atoms with van der Waals surface area (Å²) in [6.07, 6.45) is 4.24. The maximum Gasteiger partial charge on any atom is 0.407 e. The number of nitrogens with one attached hydrogen (secondary N) is 1. The molecule has 5 heteroatoms. The molecule has 0 spiro atoms. The summed E-state index contributed by atoms with van der Waals surface area (Å²) >= 11 is 6.21. The van der Waals surface area contributed by atoms with Crippen molar-refractivity contribution in [3.63, 3.8) is 0 Å². The highest BCUT2D eigenvalue weighted by Crippen LogP contribution is 2.27. The summed E-state index contributed by atoms with van der Waals surface area (Å²) in [7, 11) is 0. The first-order chi connectivity index (χ1) is 10.3. The van der Waals surface area contributed by atoms with E-state index in [4.69, 9.17) is 16.3 Å². The van der Waals surface area contributed by atoms with Gasteiger partial charge in [-0.1, -0.05) is 23.4 Å². The molecule has 0 saturated heterocycles. The van der Waals surface area contributed by atoms with Gasteiger partial charge in [0.2, 0.25) is 0 Å². The van der Waals surface area contributed by atoms with Gasteiger partial charge in [0.1, 0.15) is 5.60 Å².